The van der Waals surface area contributed by atoms with Crippen LogP contribution in [0.2, 0.25) is 0 Å². The molecule has 0 saturated heterocycles. The van der Waals surface area contributed by atoms with Crippen LogP contribution in [0.15, 0.2) is 36.8 Å². The van der Waals surface area contributed by atoms with Crippen LogP contribution >= 0.6 is 11.3 Å². The second-order valence-electron chi connectivity index (χ2n) is 5.55. The number of thiophene rings is 1. The summed E-state index contributed by atoms with van der Waals surface area (Å²) in [4.78, 5) is 14.2. The third kappa shape index (κ3) is 2.38. The second-order valence-corrected chi connectivity index (χ2v) is 6.72. The summed E-state index contributed by atoms with van der Waals surface area (Å²) in [5, 5.41) is 24.1. The van der Waals surface area contributed by atoms with Crippen molar-refractivity contribution in [1.29, 1.82) is 5.26 Å². The number of nitrogens with zero attached hydrogens (tertiary/aromatic N) is 8. The lowest BCUT2D eigenvalue weighted by atomic mass is 10.2. The zero-order chi connectivity index (χ0) is 17.5. The van der Waals surface area contributed by atoms with Crippen molar-refractivity contribution in [2.45, 2.75) is 6.54 Å². The minimum Gasteiger partial charge on any atom is -0.277 e. The zero-order valence-corrected chi connectivity index (χ0v) is 14.0. The molecular weight excluding hydrogens is 350 g/mol. The molecule has 0 atom stereocenters. The average Bonchev–Trinajstić information content (AvgIpc) is 3.37. The van der Waals surface area contributed by atoms with Crippen LogP contribution in [-0.2, 0) is 6.54 Å². The predicted octanol–water partition coefficient (Wildman–Crippen LogP) is 2.14. The Bertz CT molecular complexity index is 1240. The maximum Gasteiger partial charge on any atom is 0.221 e. The first-order chi connectivity index (χ1) is 12.8. The number of pyridine rings is 1. The molecule has 0 unspecified atom stereocenters. The Kier molecular flexibility index (Phi) is 3.19. The van der Waals surface area contributed by atoms with E-state index in [4.69, 9.17) is 5.26 Å². The van der Waals surface area contributed by atoms with Crippen molar-refractivity contribution in [3.63, 3.8) is 0 Å². The van der Waals surface area contributed by atoms with Gasteiger partial charge < -0.3 is 0 Å². The predicted molar refractivity (Wildman–Crippen MR) is 94.1 cm³/mol. The van der Waals surface area contributed by atoms with Gasteiger partial charge in [-0.1, -0.05) is 5.21 Å². The van der Waals surface area contributed by atoms with Gasteiger partial charge in [0.2, 0.25) is 5.65 Å². The minimum atomic E-state index is 0.359. The Morgan fingerprint density at radius 2 is 2.15 bits per heavy atom. The van der Waals surface area contributed by atoms with Gasteiger partial charge in [-0.25, -0.2) is 19.6 Å². The lowest BCUT2D eigenvalue weighted by Crippen LogP contribution is -2.02. The summed E-state index contributed by atoms with van der Waals surface area (Å²) in [7, 11) is 0. The molecule has 0 fully saturated rings. The number of hydrogen-bond acceptors (Lipinski definition) is 8. The Hall–Kier alpha value is -3.71. The van der Waals surface area contributed by atoms with Crippen LogP contribution in [0.3, 0.4) is 0 Å². The first-order valence-corrected chi connectivity index (χ1v) is 8.46. The third-order valence-electron chi connectivity index (χ3n) is 3.89. The molecule has 1 N–H and O–H groups in total. The average molecular weight is 359 g/mol. The number of fused-ring (bicyclic) bond motifs is 2. The van der Waals surface area contributed by atoms with Gasteiger partial charge in [-0.3, -0.25) is 5.10 Å². The van der Waals surface area contributed by atoms with Crippen molar-refractivity contribution in [2.24, 2.45) is 0 Å². The molecular formula is C16H9N9S. The SMILES string of the molecule is N#Cc1ccc(-c2cnc3nnn(Cc4cc5[nH]ncc5s4)c3n2)cn1. The number of aromatic amines is 1. The van der Waals surface area contributed by atoms with Crippen molar-refractivity contribution in [3.05, 3.63) is 47.4 Å². The standard InChI is InChI=1S/C16H9N9S/c17-4-10-2-1-9(5-18-10)13-6-19-15-16(21-13)25(24-23-15)8-11-3-12-14(26-11)7-20-22-12/h1-3,5-7H,8H2,(H,20,22). The minimum absolute atomic E-state index is 0.359. The Labute approximate surface area is 150 Å². The molecule has 124 valence electrons. The lowest BCUT2D eigenvalue weighted by molar-refractivity contribution is 0.671. The number of nitriles is 1. The first kappa shape index (κ1) is 14.6. The van der Waals surface area contributed by atoms with Gasteiger partial charge in [0, 0.05) is 16.6 Å². The molecule has 0 aromatic carbocycles. The second kappa shape index (κ2) is 5.68. The fraction of sp³-hybridized carbons (Fsp3) is 0.0625. The van der Waals surface area contributed by atoms with E-state index in [9.17, 15) is 0 Å². The molecule has 9 nitrogen and oxygen atoms in total. The molecule has 0 aliphatic heterocycles. The van der Waals surface area contributed by atoms with Gasteiger partial charge in [0.1, 0.15) is 11.8 Å². The molecule has 0 spiro atoms. The highest BCUT2D eigenvalue weighted by atomic mass is 32.1. The summed E-state index contributed by atoms with van der Waals surface area (Å²) < 4.78 is 2.82. The monoisotopic (exact) mass is 359 g/mol. The summed E-state index contributed by atoms with van der Waals surface area (Å²) in [6.07, 6.45) is 5.04. The molecule has 0 aliphatic rings. The molecule has 0 radical (unpaired) electrons. The summed E-state index contributed by atoms with van der Waals surface area (Å²) in [6.45, 7) is 0.549. The molecule has 0 bridgehead atoms. The van der Waals surface area contributed by atoms with E-state index < -0.39 is 0 Å². The van der Waals surface area contributed by atoms with E-state index >= 15 is 0 Å². The van der Waals surface area contributed by atoms with Crippen LogP contribution in [0.4, 0.5) is 0 Å². The largest absolute Gasteiger partial charge is 0.277 e. The fourth-order valence-corrected chi connectivity index (χ4v) is 3.61. The molecule has 0 amide bonds. The molecule has 5 heterocycles. The topological polar surface area (TPSA) is 122 Å². The maximum absolute atomic E-state index is 8.86. The molecule has 10 heteroatoms. The smallest absolute Gasteiger partial charge is 0.221 e. The van der Waals surface area contributed by atoms with Crippen LogP contribution in [0.5, 0.6) is 0 Å². The van der Waals surface area contributed by atoms with Crippen LogP contribution < -0.4 is 0 Å². The summed E-state index contributed by atoms with van der Waals surface area (Å²) >= 11 is 1.64. The highest BCUT2D eigenvalue weighted by Gasteiger charge is 2.12. The molecule has 0 saturated carbocycles. The van der Waals surface area contributed by atoms with Crippen LogP contribution in [0, 0.1) is 11.3 Å². The quantitative estimate of drug-likeness (QED) is 0.523. The maximum atomic E-state index is 8.86. The zero-order valence-electron chi connectivity index (χ0n) is 13.2. The summed E-state index contributed by atoms with van der Waals surface area (Å²) in [5.74, 6) is 0. The van der Waals surface area contributed by atoms with Gasteiger partial charge in [0.05, 0.1) is 34.8 Å². The Morgan fingerprint density at radius 1 is 1.19 bits per heavy atom. The van der Waals surface area contributed by atoms with Gasteiger partial charge in [-0.15, -0.1) is 16.4 Å². The van der Waals surface area contributed by atoms with E-state index in [1.54, 1.807) is 46.7 Å². The number of aromatic nitrogens is 8. The van der Waals surface area contributed by atoms with Gasteiger partial charge in [0.15, 0.2) is 5.65 Å². The van der Waals surface area contributed by atoms with Crippen molar-refractivity contribution < 1.29 is 0 Å². The molecule has 5 aromatic heterocycles. The molecule has 5 aromatic rings. The van der Waals surface area contributed by atoms with Crippen LogP contribution in [0.1, 0.15) is 10.6 Å². The van der Waals surface area contributed by atoms with E-state index in [0.29, 0.717) is 29.2 Å². The number of H-pyrrole nitrogens is 1. The normalized spacial score (nSPS) is 11.2. The van der Waals surface area contributed by atoms with Gasteiger partial charge >= 0.3 is 0 Å². The van der Waals surface area contributed by atoms with Gasteiger partial charge in [0.25, 0.3) is 0 Å². The van der Waals surface area contributed by atoms with Crippen molar-refractivity contribution in [1.82, 2.24) is 40.1 Å². The molecule has 0 aliphatic carbocycles. The summed E-state index contributed by atoms with van der Waals surface area (Å²) in [5.41, 5.74) is 3.88. The third-order valence-corrected chi connectivity index (χ3v) is 4.94. The van der Waals surface area contributed by atoms with Crippen molar-refractivity contribution in [2.75, 3.05) is 0 Å². The summed E-state index contributed by atoms with van der Waals surface area (Å²) in [6, 6.07) is 7.49. The van der Waals surface area contributed by atoms with Gasteiger partial charge in [-0.05, 0) is 18.2 Å². The van der Waals surface area contributed by atoms with Crippen molar-refractivity contribution in [3.8, 4) is 17.3 Å². The molecule has 5 rings (SSSR count). The van der Waals surface area contributed by atoms with E-state index in [0.717, 1.165) is 20.7 Å². The number of nitrogens with one attached hydrogen (secondary N) is 1. The number of hydrogen-bond donors (Lipinski definition) is 1. The van der Waals surface area contributed by atoms with Crippen LogP contribution in [0.25, 0.3) is 32.8 Å². The van der Waals surface area contributed by atoms with Crippen LogP contribution in [-0.4, -0.2) is 40.1 Å². The van der Waals surface area contributed by atoms with E-state index in [1.165, 1.54) is 0 Å². The van der Waals surface area contributed by atoms with Crippen molar-refractivity contribution >= 4 is 32.8 Å². The lowest BCUT2D eigenvalue weighted by Gasteiger charge is -2.02. The van der Waals surface area contributed by atoms with E-state index in [-0.39, 0.29) is 0 Å². The molecule has 26 heavy (non-hydrogen) atoms. The van der Waals surface area contributed by atoms with E-state index in [2.05, 4.69) is 35.5 Å². The van der Waals surface area contributed by atoms with E-state index in [1.807, 2.05) is 12.1 Å². The van der Waals surface area contributed by atoms with Gasteiger partial charge in [-0.2, -0.15) is 10.4 Å². The Morgan fingerprint density at radius 3 is 2.96 bits per heavy atom. The highest BCUT2D eigenvalue weighted by molar-refractivity contribution is 7.19. The highest BCUT2D eigenvalue weighted by Crippen LogP contribution is 2.25. The Balaban J connectivity index is 1.53. The fourth-order valence-electron chi connectivity index (χ4n) is 2.64. The number of rotatable bonds is 3. The first-order valence-electron chi connectivity index (χ1n) is 7.65.